The topological polar surface area (TPSA) is 95.4 Å². The third kappa shape index (κ3) is 5.24. The van der Waals surface area contributed by atoms with Crippen molar-refractivity contribution in [2.75, 3.05) is 51.4 Å². The van der Waals surface area contributed by atoms with E-state index in [4.69, 9.17) is 38.1 Å². The molecular weight excluding hydrogens is 494 g/mol. The summed E-state index contributed by atoms with van der Waals surface area (Å²) in [5.74, 6) is 0.00191. The van der Waals surface area contributed by atoms with Crippen LogP contribution in [0.15, 0.2) is 29.2 Å². The van der Waals surface area contributed by atoms with E-state index < -0.39 is 6.17 Å². The molecule has 3 aliphatic rings. The third-order valence-corrected chi connectivity index (χ3v) is 7.67. The Balaban J connectivity index is 1.33. The highest BCUT2D eigenvalue weighted by Crippen LogP contribution is 2.37. The zero-order chi connectivity index (χ0) is 24.6. The Morgan fingerprint density at radius 2 is 2.14 bits per heavy atom. The predicted octanol–water partition coefficient (Wildman–Crippen LogP) is 3.90. The molecule has 2 aromatic rings. The van der Waals surface area contributed by atoms with E-state index in [1.54, 1.807) is 12.3 Å². The number of nitrogens with zero attached hydrogens (tertiary/aromatic N) is 3. The number of aromatic nitrogens is 2. The van der Waals surface area contributed by atoms with Crippen LogP contribution in [0.5, 0.6) is 0 Å². The number of alkyl halides is 1. The lowest BCUT2D eigenvalue weighted by Gasteiger charge is -2.43. The summed E-state index contributed by atoms with van der Waals surface area (Å²) in [5.41, 5.74) is 1.79. The summed E-state index contributed by atoms with van der Waals surface area (Å²) in [6.07, 6.45) is 2.44. The van der Waals surface area contributed by atoms with Crippen molar-refractivity contribution in [2.24, 2.45) is 5.41 Å². The van der Waals surface area contributed by atoms with Gasteiger partial charge in [0.1, 0.15) is 11.3 Å². The molecule has 3 aliphatic heterocycles. The predicted molar refractivity (Wildman–Crippen MR) is 135 cm³/mol. The van der Waals surface area contributed by atoms with Crippen LogP contribution in [0.4, 0.5) is 10.3 Å². The van der Waals surface area contributed by atoms with Crippen LogP contribution in [0.1, 0.15) is 24.8 Å². The first-order chi connectivity index (χ1) is 16.8. The smallest absolute Gasteiger partial charge is 0.227 e. The van der Waals surface area contributed by atoms with Crippen LogP contribution in [0.3, 0.4) is 0 Å². The van der Waals surface area contributed by atoms with E-state index >= 15 is 4.39 Å². The van der Waals surface area contributed by atoms with Crippen molar-refractivity contribution in [3.05, 3.63) is 39.8 Å². The number of anilines is 1. The van der Waals surface area contributed by atoms with Crippen LogP contribution in [0.25, 0.3) is 10.9 Å². The number of hydrogen-bond acceptors (Lipinski definition) is 8. The van der Waals surface area contributed by atoms with E-state index in [9.17, 15) is 0 Å². The van der Waals surface area contributed by atoms with Crippen LogP contribution in [0, 0.1) is 10.8 Å². The molecule has 5 rings (SSSR count). The number of likely N-dealkylation sites (tertiary alicyclic amines) is 1. The molecule has 188 valence electrons. The lowest BCUT2D eigenvalue weighted by molar-refractivity contribution is -0.0977. The Morgan fingerprint density at radius 3 is 2.77 bits per heavy atom. The fourth-order valence-corrected chi connectivity index (χ4v) is 5.15. The fourth-order valence-electron chi connectivity index (χ4n) is 4.67. The molecular formula is C24H29Cl2FN6O2. The number of rotatable bonds is 8. The maximum absolute atomic E-state index is 15.2. The Hall–Kier alpha value is -2.04. The molecule has 3 N–H and O–H groups in total. The molecule has 1 aromatic carbocycles. The molecule has 0 spiro atoms. The molecule has 0 radical (unpaired) electrons. The first-order valence-corrected chi connectivity index (χ1v) is 12.5. The average molecular weight is 523 g/mol. The summed E-state index contributed by atoms with van der Waals surface area (Å²) >= 11 is 13.0. The van der Waals surface area contributed by atoms with Gasteiger partial charge in [-0.15, -0.1) is 0 Å². The van der Waals surface area contributed by atoms with Gasteiger partial charge in [-0.3, -0.25) is 4.90 Å². The quantitative estimate of drug-likeness (QED) is 0.357. The minimum atomic E-state index is -1.01. The standard InChI is InChI=1S/C24H29Cl2FN6O2/c1-24(12-35-13-24)11-30-22(26)21(6-28)32-23-29-7-14-4-18(25)17(5-20(14)31-23)16-2-3-33(8-19(16)27)15-9-34-10-15/h4-7,15-16,19,28,30H,2-3,8-13H2,1H3,(H,29,31,32)/b22-21+,28-6?. The second-order valence-corrected chi connectivity index (χ2v) is 10.7. The van der Waals surface area contributed by atoms with Gasteiger partial charge in [0, 0.05) is 47.2 Å². The lowest BCUT2D eigenvalue weighted by atomic mass is 9.86. The largest absolute Gasteiger partial charge is 0.380 e. The van der Waals surface area contributed by atoms with Gasteiger partial charge in [-0.1, -0.05) is 30.1 Å². The molecule has 4 heterocycles. The van der Waals surface area contributed by atoms with Crippen LogP contribution >= 0.6 is 23.2 Å². The number of piperidine rings is 1. The minimum Gasteiger partial charge on any atom is -0.380 e. The molecule has 11 heteroatoms. The van der Waals surface area contributed by atoms with Crippen LogP contribution in [-0.4, -0.2) is 79.4 Å². The number of hydrogen-bond donors (Lipinski definition) is 3. The maximum Gasteiger partial charge on any atom is 0.227 e. The zero-order valence-corrected chi connectivity index (χ0v) is 21.0. The van der Waals surface area contributed by atoms with Crippen molar-refractivity contribution in [2.45, 2.75) is 31.5 Å². The van der Waals surface area contributed by atoms with Crippen LogP contribution in [-0.2, 0) is 9.47 Å². The van der Waals surface area contributed by atoms with Gasteiger partial charge in [0.2, 0.25) is 5.95 Å². The van der Waals surface area contributed by atoms with Gasteiger partial charge < -0.3 is 25.5 Å². The molecule has 0 bridgehead atoms. The van der Waals surface area contributed by atoms with E-state index in [1.165, 1.54) is 0 Å². The van der Waals surface area contributed by atoms with Gasteiger partial charge >= 0.3 is 0 Å². The molecule has 35 heavy (non-hydrogen) atoms. The Bertz CT molecular complexity index is 1140. The van der Waals surface area contributed by atoms with Crippen molar-refractivity contribution >= 4 is 46.3 Å². The summed E-state index contributed by atoms with van der Waals surface area (Å²) in [5, 5.41) is 15.5. The molecule has 8 nitrogen and oxygen atoms in total. The van der Waals surface area contributed by atoms with E-state index in [1.807, 2.05) is 6.07 Å². The van der Waals surface area contributed by atoms with Gasteiger partial charge in [-0.05, 0) is 30.7 Å². The Kier molecular flexibility index (Phi) is 7.14. The van der Waals surface area contributed by atoms with Gasteiger partial charge in [0.15, 0.2) is 0 Å². The van der Waals surface area contributed by atoms with Crippen molar-refractivity contribution in [1.29, 1.82) is 5.41 Å². The van der Waals surface area contributed by atoms with E-state index in [0.717, 1.165) is 23.7 Å². The molecule has 0 aliphatic carbocycles. The maximum atomic E-state index is 15.2. The van der Waals surface area contributed by atoms with Crippen molar-refractivity contribution < 1.29 is 13.9 Å². The first-order valence-electron chi connectivity index (χ1n) is 11.8. The van der Waals surface area contributed by atoms with Gasteiger partial charge in [-0.2, -0.15) is 0 Å². The third-order valence-electron chi connectivity index (χ3n) is 7.01. The molecule has 2 atom stereocenters. The number of halogens is 3. The summed E-state index contributed by atoms with van der Waals surface area (Å²) in [7, 11) is 0. The van der Waals surface area contributed by atoms with Crippen LogP contribution in [0.2, 0.25) is 5.02 Å². The van der Waals surface area contributed by atoms with Gasteiger partial charge in [0.05, 0.1) is 43.7 Å². The molecule has 0 amide bonds. The average Bonchev–Trinajstić information content (AvgIpc) is 2.78. The summed E-state index contributed by atoms with van der Waals surface area (Å²) < 4.78 is 25.7. The number of nitrogens with one attached hydrogen (secondary N) is 3. The number of allylic oxidation sites excluding steroid dienone is 1. The van der Waals surface area contributed by atoms with Gasteiger partial charge in [0.25, 0.3) is 0 Å². The fraction of sp³-hybridized carbons (Fsp3) is 0.542. The number of benzene rings is 1. The molecule has 3 fully saturated rings. The van der Waals surface area contributed by atoms with E-state index in [0.29, 0.717) is 79.3 Å². The van der Waals surface area contributed by atoms with Crippen molar-refractivity contribution in [1.82, 2.24) is 20.2 Å². The monoisotopic (exact) mass is 522 g/mol. The van der Waals surface area contributed by atoms with Gasteiger partial charge in [-0.25, -0.2) is 14.4 Å². The Morgan fingerprint density at radius 1 is 1.34 bits per heavy atom. The van der Waals surface area contributed by atoms with E-state index in [-0.39, 0.29) is 11.3 Å². The number of fused-ring (bicyclic) bond motifs is 1. The second-order valence-electron chi connectivity index (χ2n) is 9.88. The summed E-state index contributed by atoms with van der Waals surface area (Å²) in [6, 6.07) is 3.97. The second kappa shape index (κ2) is 10.1. The number of ether oxygens (including phenoxy) is 2. The van der Waals surface area contributed by atoms with Crippen molar-refractivity contribution in [3.63, 3.8) is 0 Å². The zero-order valence-electron chi connectivity index (χ0n) is 19.5. The molecule has 3 saturated heterocycles. The highest BCUT2D eigenvalue weighted by molar-refractivity contribution is 6.32. The molecule has 1 aromatic heterocycles. The highest BCUT2D eigenvalue weighted by atomic mass is 35.5. The first kappa shape index (κ1) is 24.6. The van der Waals surface area contributed by atoms with Crippen molar-refractivity contribution in [3.8, 4) is 0 Å². The molecule has 0 saturated carbocycles. The summed E-state index contributed by atoms with van der Waals surface area (Å²) in [6.45, 7) is 6.63. The highest BCUT2D eigenvalue weighted by Gasteiger charge is 2.37. The lowest BCUT2D eigenvalue weighted by Crippen LogP contribution is -2.54. The molecule has 2 unspecified atom stereocenters. The normalized spacial score (nSPS) is 25.4. The van der Waals surface area contributed by atoms with Crippen LogP contribution < -0.4 is 10.6 Å². The SMILES string of the molecule is CC1(CN/C(Cl)=C(\C=N)Nc2ncc3cc(Cl)c(C4CCN(C5COC5)CC4F)cc3n2)COC1. The summed E-state index contributed by atoms with van der Waals surface area (Å²) in [4.78, 5) is 11.1. The Labute approximate surface area is 213 Å². The minimum absolute atomic E-state index is 0.0263. The van der Waals surface area contributed by atoms with E-state index in [2.05, 4.69) is 32.4 Å².